The minimum atomic E-state index is -0.772. The van der Waals surface area contributed by atoms with Crippen LogP contribution in [0.5, 0.6) is 11.6 Å². The molecule has 0 saturated heterocycles. The molecule has 0 atom stereocenters. The van der Waals surface area contributed by atoms with E-state index in [1.165, 1.54) is 0 Å². The summed E-state index contributed by atoms with van der Waals surface area (Å²) >= 11 is 0. The van der Waals surface area contributed by atoms with E-state index in [4.69, 9.17) is 9.84 Å². The lowest BCUT2D eigenvalue weighted by Crippen LogP contribution is -2.38. The molecule has 1 saturated carbocycles. The second-order valence-corrected chi connectivity index (χ2v) is 6.16. The lowest BCUT2D eigenvalue weighted by molar-refractivity contribution is -0.148. The van der Waals surface area contributed by atoms with Crippen molar-refractivity contribution in [3.8, 4) is 11.6 Å². The zero-order chi connectivity index (χ0) is 15.9. The number of phenolic OH excluding ortho intramolecular Hbond substituents is 1. The summed E-state index contributed by atoms with van der Waals surface area (Å²) in [5.74, 6) is -0.197. The summed E-state index contributed by atoms with van der Waals surface area (Å²) in [4.78, 5) is 15.4. The topological polar surface area (TPSA) is 79.7 Å². The van der Waals surface area contributed by atoms with Gasteiger partial charge in [0.15, 0.2) is 0 Å². The van der Waals surface area contributed by atoms with Crippen LogP contribution in [-0.4, -0.2) is 27.3 Å². The van der Waals surface area contributed by atoms with Crippen molar-refractivity contribution in [2.45, 2.75) is 38.7 Å². The normalized spacial score (nSPS) is 20.9. The molecule has 5 nitrogen and oxygen atoms in total. The van der Waals surface area contributed by atoms with Gasteiger partial charge in [0, 0.05) is 11.1 Å². The molecule has 2 N–H and O–H groups in total. The number of pyridine rings is 1. The Bertz CT molecular complexity index is 720. The van der Waals surface area contributed by atoms with E-state index in [2.05, 4.69) is 18.8 Å². The number of rotatable bonds is 4. The fourth-order valence-electron chi connectivity index (χ4n) is 2.63. The van der Waals surface area contributed by atoms with E-state index in [0.29, 0.717) is 18.7 Å². The van der Waals surface area contributed by atoms with Crippen molar-refractivity contribution in [3.63, 3.8) is 0 Å². The first-order valence-electron chi connectivity index (χ1n) is 7.47. The van der Waals surface area contributed by atoms with Crippen molar-refractivity contribution in [1.82, 2.24) is 4.98 Å². The van der Waals surface area contributed by atoms with Crippen LogP contribution < -0.4 is 4.74 Å². The van der Waals surface area contributed by atoms with Crippen molar-refractivity contribution < 1.29 is 19.7 Å². The van der Waals surface area contributed by atoms with Crippen molar-refractivity contribution >= 4 is 16.7 Å². The molecule has 0 bridgehead atoms. The van der Waals surface area contributed by atoms with Crippen LogP contribution in [0.1, 0.15) is 38.3 Å². The smallest absolute Gasteiger partial charge is 0.306 e. The van der Waals surface area contributed by atoms with Gasteiger partial charge in [0.2, 0.25) is 5.88 Å². The van der Waals surface area contributed by atoms with Gasteiger partial charge in [-0.1, -0.05) is 19.9 Å². The van der Waals surface area contributed by atoms with E-state index in [1.54, 1.807) is 12.1 Å². The number of ether oxygens (including phenoxy) is 1. The maximum atomic E-state index is 10.9. The zero-order valence-electron chi connectivity index (χ0n) is 12.6. The van der Waals surface area contributed by atoms with E-state index in [1.807, 2.05) is 12.1 Å². The van der Waals surface area contributed by atoms with Gasteiger partial charge in [-0.05, 0) is 42.3 Å². The first kappa shape index (κ1) is 14.6. The van der Waals surface area contributed by atoms with Gasteiger partial charge in [0.25, 0.3) is 0 Å². The maximum Gasteiger partial charge on any atom is 0.306 e. The number of carbonyl (C=O) groups is 1. The van der Waals surface area contributed by atoms with Crippen LogP contribution >= 0.6 is 0 Å². The van der Waals surface area contributed by atoms with E-state index in [9.17, 15) is 9.90 Å². The molecule has 5 heteroatoms. The molecule has 0 spiro atoms. The highest BCUT2D eigenvalue weighted by Crippen LogP contribution is 2.35. The standard InChI is InChI=1S/C17H19NO4/c1-9(2)15-7-10-3-4-12(19)8-14(10)16(18-15)22-13-5-11(6-13)17(20)21/h3-4,7-9,11,13,19H,5-6H2,1-2H3,(H,20,21). The van der Waals surface area contributed by atoms with Crippen LogP contribution in [-0.2, 0) is 4.79 Å². The Labute approximate surface area is 128 Å². The highest BCUT2D eigenvalue weighted by molar-refractivity contribution is 5.88. The van der Waals surface area contributed by atoms with E-state index in [-0.39, 0.29) is 23.7 Å². The molecule has 0 radical (unpaired) electrons. The predicted molar refractivity (Wildman–Crippen MR) is 82.3 cm³/mol. The minimum absolute atomic E-state index is 0.124. The molecule has 1 aromatic heterocycles. The number of phenols is 1. The highest BCUT2D eigenvalue weighted by Gasteiger charge is 2.36. The molecule has 116 valence electrons. The van der Waals surface area contributed by atoms with Gasteiger partial charge in [-0.3, -0.25) is 4.79 Å². The number of benzene rings is 1. The largest absolute Gasteiger partial charge is 0.508 e. The summed E-state index contributed by atoms with van der Waals surface area (Å²) < 4.78 is 5.90. The van der Waals surface area contributed by atoms with Crippen molar-refractivity contribution in [2.75, 3.05) is 0 Å². The van der Waals surface area contributed by atoms with Crippen molar-refractivity contribution in [2.24, 2.45) is 5.92 Å². The summed E-state index contributed by atoms with van der Waals surface area (Å²) in [5.41, 5.74) is 0.919. The minimum Gasteiger partial charge on any atom is -0.508 e. The number of aromatic hydroxyl groups is 1. The Balaban J connectivity index is 1.93. The number of hydrogen-bond acceptors (Lipinski definition) is 4. The molecule has 1 aromatic carbocycles. The molecule has 2 aromatic rings. The quantitative estimate of drug-likeness (QED) is 0.905. The molecule has 0 unspecified atom stereocenters. The molecule has 1 aliphatic carbocycles. The molecule has 1 aliphatic rings. The van der Waals surface area contributed by atoms with E-state index >= 15 is 0 Å². The third-order valence-electron chi connectivity index (χ3n) is 4.12. The Morgan fingerprint density at radius 2 is 2.05 bits per heavy atom. The zero-order valence-corrected chi connectivity index (χ0v) is 12.6. The number of nitrogens with zero attached hydrogens (tertiary/aromatic N) is 1. The van der Waals surface area contributed by atoms with Gasteiger partial charge in [-0.2, -0.15) is 0 Å². The summed E-state index contributed by atoms with van der Waals surface area (Å²) in [5, 5.41) is 20.3. The Hall–Kier alpha value is -2.30. The van der Waals surface area contributed by atoms with E-state index < -0.39 is 5.97 Å². The van der Waals surface area contributed by atoms with Crippen molar-refractivity contribution in [1.29, 1.82) is 0 Å². The van der Waals surface area contributed by atoms with Gasteiger partial charge in [-0.25, -0.2) is 4.98 Å². The van der Waals surface area contributed by atoms with Gasteiger partial charge >= 0.3 is 5.97 Å². The number of hydrogen-bond donors (Lipinski definition) is 2. The Kier molecular flexibility index (Phi) is 3.64. The van der Waals surface area contributed by atoms with Crippen molar-refractivity contribution in [3.05, 3.63) is 30.0 Å². The maximum absolute atomic E-state index is 10.9. The lowest BCUT2D eigenvalue weighted by Gasteiger charge is -2.32. The van der Waals surface area contributed by atoms with Gasteiger partial charge in [0.05, 0.1) is 5.92 Å². The molecular formula is C17H19NO4. The number of fused-ring (bicyclic) bond motifs is 1. The summed E-state index contributed by atoms with van der Waals surface area (Å²) in [6, 6.07) is 7.11. The molecule has 1 heterocycles. The summed E-state index contributed by atoms with van der Waals surface area (Å²) in [6.45, 7) is 4.12. The third kappa shape index (κ3) is 2.71. The molecule has 0 amide bonds. The SMILES string of the molecule is CC(C)c1cc2ccc(O)cc2c(OC2CC(C(=O)O)C2)n1. The lowest BCUT2D eigenvalue weighted by atomic mass is 9.82. The van der Waals surface area contributed by atoms with Crippen LogP contribution in [0.2, 0.25) is 0 Å². The van der Waals surface area contributed by atoms with Gasteiger partial charge in [0.1, 0.15) is 11.9 Å². The van der Waals surface area contributed by atoms with E-state index in [0.717, 1.165) is 16.5 Å². The first-order valence-corrected chi connectivity index (χ1v) is 7.47. The van der Waals surface area contributed by atoms with Crippen LogP contribution in [0.4, 0.5) is 0 Å². The number of carboxylic acids is 1. The summed E-state index contributed by atoms with van der Waals surface area (Å²) in [7, 11) is 0. The second kappa shape index (κ2) is 5.48. The fourth-order valence-corrected chi connectivity index (χ4v) is 2.63. The first-order chi connectivity index (χ1) is 10.4. The Morgan fingerprint density at radius 1 is 1.32 bits per heavy atom. The molecular weight excluding hydrogens is 282 g/mol. The number of aromatic nitrogens is 1. The molecule has 0 aliphatic heterocycles. The van der Waals surface area contributed by atoms with Crippen LogP contribution in [0.3, 0.4) is 0 Å². The summed E-state index contributed by atoms with van der Waals surface area (Å²) in [6.07, 6.45) is 0.883. The Morgan fingerprint density at radius 3 is 2.68 bits per heavy atom. The van der Waals surface area contributed by atoms with Gasteiger partial charge < -0.3 is 14.9 Å². The molecule has 22 heavy (non-hydrogen) atoms. The molecule has 3 rings (SSSR count). The average Bonchev–Trinajstić information content (AvgIpc) is 2.41. The number of carboxylic acid groups (broad SMARTS) is 1. The highest BCUT2D eigenvalue weighted by atomic mass is 16.5. The average molecular weight is 301 g/mol. The van der Waals surface area contributed by atoms with Crippen LogP contribution in [0.25, 0.3) is 10.8 Å². The third-order valence-corrected chi connectivity index (χ3v) is 4.12. The monoisotopic (exact) mass is 301 g/mol. The fraction of sp³-hybridized carbons (Fsp3) is 0.412. The van der Waals surface area contributed by atoms with Gasteiger partial charge in [-0.15, -0.1) is 0 Å². The van der Waals surface area contributed by atoms with Crippen LogP contribution in [0, 0.1) is 5.92 Å². The van der Waals surface area contributed by atoms with Crippen LogP contribution in [0.15, 0.2) is 24.3 Å². The second-order valence-electron chi connectivity index (χ2n) is 6.16. The predicted octanol–water partition coefficient (Wildman–Crippen LogP) is 3.31. The number of aliphatic carboxylic acids is 1. The molecule has 1 fully saturated rings.